The molecule has 45 heavy (non-hydrogen) atoms. The van der Waals surface area contributed by atoms with E-state index in [4.69, 9.17) is 19.9 Å². The third kappa shape index (κ3) is 8.95. The maximum absolute atomic E-state index is 9.57. The highest BCUT2D eigenvalue weighted by atomic mass is 32.2. The highest BCUT2D eigenvalue weighted by Crippen LogP contribution is 2.64. The van der Waals surface area contributed by atoms with E-state index in [2.05, 4.69) is 97.9 Å². The molecule has 0 bridgehead atoms. The highest BCUT2D eigenvalue weighted by molar-refractivity contribution is 7.99. The summed E-state index contributed by atoms with van der Waals surface area (Å²) in [5.74, 6) is 2.89. The number of aromatic nitrogens is 4. The van der Waals surface area contributed by atoms with E-state index >= 15 is 0 Å². The fourth-order valence-electron chi connectivity index (χ4n) is 5.89. The molecule has 240 valence electrons. The van der Waals surface area contributed by atoms with Crippen molar-refractivity contribution in [3.8, 4) is 0 Å². The average Bonchev–Trinajstić information content (AvgIpc) is 3.04. The van der Waals surface area contributed by atoms with Crippen LogP contribution in [0.4, 0.5) is 17.7 Å². The Morgan fingerprint density at radius 1 is 0.822 bits per heavy atom. The van der Waals surface area contributed by atoms with Gasteiger partial charge in [0.25, 0.3) is 0 Å². The van der Waals surface area contributed by atoms with E-state index in [9.17, 15) is 5.11 Å². The number of hydrogen-bond acceptors (Lipinski definition) is 9. The molecule has 3 aromatic rings. The summed E-state index contributed by atoms with van der Waals surface area (Å²) in [6, 6.07) is 14.9. The van der Waals surface area contributed by atoms with Crippen molar-refractivity contribution in [2.45, 2.75) is 69.7 Å². The molecule has 1 aliphatic rings. The minimum atomic E-state index is 0.0351. The van der Waals surface area contributed by atoms with Crippen LogP contribution in [0, 0.1) is 5.92 Å². The van der Waals surface area contributed by atoms with Gasteiger partial charge in [-0.3, -0.25) is 0 Å². The smallest absolute Gasteiger partial charge is 0.224 e. The Balaban J connectivity index is 1.90. The molecule has 4 N–H and O–H groups in total. The number of allylic oxidation sites excluding steroid dienone is 5. The second-order valence-electron chi connectivity index (χ2n) is 11.3. The van der Waals surface area contributed by atoms with E-state index in [0.717, 1.165) is 66.7 Å². The summed E-state index contributed by atoms with van der Waals surface area (Å²) in [5.41, 5.74) is 4.24. The van der Waals surface area contributed by atoms with Crippen molar-refractivity contribution in [1.29, 1.82) is 0 Å². The van der Waals surface area contributed by atoms with Crippen LogP contribution in [0.15, 0.2) is 83.9 Å². The van der Waals surface area contributed by atoms with Crippen LogP contribution in [0.1, 0.15) is 81.7 Å². The van der Waals surface area contributed by atoms with Crippen molar-refractivity contribution in [2.24, 2.45) is 5.92 Å². The van der Waals surface area contributed by atoms with E-state index in [1.54, 1.807) is 11.8 Å². The minimum Gasteiger partial charge on any atom is -0.396 e. The van der Waals surface area contributed by atoms with Crippen LogP contribution in [0.3, 0.4) is 0 Å². The zero-order valence-corrected chi connectivity index (χ0v) is 28.0. The minimum absolute atomic E-state index is 0.0351. The van der Waals surface area contributed by atoms with Gasteiger partial charge in [0.05, 0.1) is 18.0 Å². The van der Waals surface area contributed by atoms with Crippen molar-refractivity contribution in [2.75, 3.05) is 47.9 Å². The van der Waals surface area contributed by atoms with E-state index in [0.29, 0.717) is 17.6 Å². The van der Waals surface area contributed by atoms with Gasteiger partial charge < -0.3 is 21.1 Å². The molecule has 0 aliphatic heterocycles. The molecule has 0 amide bonds. The zero-order valence-electron chi connectivity index (χ0n) is 27.2. The Hall–Kier alpha value is -3.69. The van der Waals surface area contributed by atoms with Gasteiger partial charge in [0.15, 0.2) is 0 Å². The monoisotopic (exact) mass is 627 g/mol. The number of hydrogen-bond donors (Lipinski definition) is 4. The van der Waals surface area contributed by atoms with Gasteiger partial charge in [0.1, 0.15) is 10.8 Å². The molecular weight excluding hydrogens is 579 g/mol. The number of aliphatic hydroxyl groups is 1. The molecule has 9 heteroatoms. The second-order valence-corrected chi connectivity index (χ2v) is 12.4. The van der Waals surface area contributed by atoms with Gasteiger partial charge in [0.2, 0.25) is 11.9 Å². The Bertz CT molecular complexity index is 1300. The van der Waals surface area contributed by atoms with E-state index < -0.39 is 0 Å². The number of thioether (sulfide) groups is 1. The van der Waals surface area contributed by atoms with Gasteiger partial charge in [-0.25, -0.2) is 15.0 Å². The molecule has 1 aliphatic carbocycles. The third-order valence-electron chi connectivity index (χ3n) is 7.89. The molecule has 2 aromatic heterocycles. The fourth-order valence-corrected chi connectivity index (χ4v) is 6.54. The highest BCUT2D eigenvalue weighted by Gasteiger charge is 2.54. The number of anilines is 3. The summed E-state index contributed by atoms with van der Waals surface area (Å²) in [7, 11) is 0. The lowest BCUT2D eigenvalue weighted by atomic mass is 9.50. The molecule has 0 unspecified atom stereocenters. The van der Waals surface area contributed by atoms with Crippen LogP contribution < -0.4 is 16.0 Å². The molecule has 4 atom stereocenters. The maximum Gasteiger partial charge on any atom is 0.224 e. The van der Waals surface area contributed by atoms with Crippen LogP contribution in [-0.2, 0) is 0 Å². The summed E-state index contributed by atoms with van der Waals surface area (Å²) in [4.78, 5) is 19.8. The number of rotatable bonds is 18. The van der Waals surface area contributed by atoms with Gasteiger partial charge in [-0.2, -0.15) is 4.98 Å². The summed E-state index contributed by atoms with van der Waals surface area (Å²) < 4.78 is 0. The molecule has 0 radical (unpaired) electrons. The number of nitrogens with one attached hydrogen (secondary N) is 3. The molecule has 1 aromatic carbocycles. The standard InChI is InChI=1S/C36H49N7OS/c1-6-10-12-15-25(5)31-33(27-23-29(37-18-7-2)42-35(40-27)38-19-8-3)32(26-16-13-11-14-17-26)34(31)28-24-30(45-22-21-44)43-36(41-28)39-20-9-4/h6,10-17,23-24,31-34,44H,5,7-9,18-22H2,1-4H3,(H,39,41,43)(H2,37,38,40,42)/b10-6-,15-12-/t31-,32-,33+,34+/m0/s1. The van der Waals surface area contributed by atoms with Gasteiger partial charge in [-0.05, 0) is 37.8 Å². The van der Waals surface area contributed by atoms with Crippen LogP contribution in [0.25, 0.3) is 0 Å². The number of benzene rings is 1. The lowest BCUT2D eigenvalue weighted by Gasteiger charge is -2.52. The topological polar surface area (TPSA) is 108 Å². The Morgan fingerprint density at radius 3 is 2.07 bits per heavy atom. The molecule has 1 fully saturated rings. The summed E-state index contributed by atoms with van der Waals surface area (Å²) in [6.45, 7) is 15.6. The quantitative estimate of drug-likeness (QED) is 0.0639. The number of aliphatic hydroxyl groups excluding tert-OH is 1. The van der Waals surface area contributed by atoms with Gasteiger partial charge in [-0.15, -0.1) is 11.8 Å². The van der Waals surface area contributed by atoms with Gasteiger partial charge in [-0.1, -0.05) is 87.6 Å². The van der Waals surface area contributed by atoms with Crippen molar-refractivity contribution < 1.29 is 5.11 Å². The fraction of sp³-hybridized carbons (Fsp3) is 0.444. The molecule has 2 heterocycles. The first-order valence-electron chi connectivity index (χ1n) is 16.3. The molecular formula is C36H49N7OS. The Morgan fingerprint density at radius 2 is 1.44 bits per heavy atom. The summed E-state index contributed by atoms with van der Waals surface area (Å²) in [6.07, 6.45) is 11.2. The van der Waals surface area contributed by atoms with E-state index in [-0.39, 0.29) is 30.3 Å². The lowest BCUT2D eigenvalue weighted by Crippen LogP contribution is -2.43. The van der Waals surface area contributed by atoms with Gasteiger partial charge >= 0.3 is 0 Å². The summed E-state index contributed by atoms with van der Waals surface area (Å²) >= 11 is 1.55. The third-order valence-corrected chi connectivity index (χ3v) is 8.78. The number of nitrogens with zero attached hydrogens (tertiary/aromatic N) is 4. The van der Waals surface area contributed by atoms with Crippen molar-refractivity contribution >= 4 is 29.5 Å². The van der Waals surface area contributed by atoms with Crippen LogP contribution in [0.2, 0.25) is 0 Å². The molecule has 8 nitrogen and oxygen atoms in total. The van der Waals surface area contributed by atoms with Gasteiger partial charge in [0, 0.05) is 55.1 Å². The Kier molecular flexibility index (Phi) is 13.5. The largest absolute Gasteiger partial charge is 0.396 e. The van der Waals surface area contributed by atoms with Crippen LogP contribution in [0.5, 0.6) is 0 Å². The molecule has 4 rings (SSSR count). The molecule has 1 saturated carbocycles. The summed E-state index contributed by atoms with van der Waals surface area (Å²) in [5, 5.41) is 20.8. The second kappa shape index (κ2) is 17.7. The lowest BCUT2D eigenvalue weighted by molar-refractivity contribution is 0.186. The van der Waals surface area contributed by atoms with Crippen LogP contribution in [-0.4, -0.2) is 57.0 Å². The van der Waals surface area contributed by atoms with Crippen molar-refractivity contribution in [3.63, 3.8) is 0 Å². The van der Waals surface area contributed by atoms with Crippen molar-refractivity contribution in [1.82, 2.24) is 19.9 Å². The first-order valence-corrected chi connectivity index (χ1v) is 17.3. The van der Waals surface area contributed by atoms with Crippen molar-refractivity contribution in [3.05, 3.63) is 95.9 Å². The predicted octanol–water partition coefficient (Wildman–Crippen LogP) is 7.79. The zero-order chi connectivity index (χ0) is 32.0. The average molecular weight is 628 g/mol. The first-order chi connectivity index (χ1) is 22.0. The maximum atomic E-state index is 9.57. The van der Waals surface area contributed by atoms with E-state index in [1.165, 1.54) is 5.56 Å². The SMILES string of the molecule is C=C(/C=C\C=C/C)[C@H]1[C@@H](c2cc(NCCC)nc(NCCC)n2)[C@H](c2ccccc2)[C@@H]1c1cc(SCCO)nc(NCCC)n1. The first kappa shape index (κ1) is 34.2. The Labute approximate surface area is 273 Å². The molecule has 0 saturated heterocycles. The van der Waals surface area contributed by atoms with Crippen LogP contribution >= 0.6 is 11.8 Å². The normalized spacial score (nSPS) is 19.5. The predicted molar refractivity (Wildman–Crippen MR) is 189 cm³/mol. The molecule has 0 spiro atoms. The van der Waals surface area contributed by atoms with E-state index in [1.807, 2.05) is 19.1 Å².